The van der Waals surface area contributed by atoms with Crippen molar-refractivity contribution in [2.75, 3.05) is 65.8 Å². The van der Waals surface area contributed by atoms with E-state index in [2.05, 4.69) is 18.7 Å². The second kappa shape index (κ2) is 13.5. The van der Waals surface area contributed by atoms with Crippen LogP contribution in [0.1, 0.15) is 44.4 Å². The monoisotopic (exact) mass is 580 g/mol. The van der Waals surface area contributed by atoms with E-state index in [-0.39, 0.29) is 11.3 Å². The summed E-state index contributed by atoms with van der Waals surface area (Å²) in [5, 5.41) is 11.6. The number of aliphatic hydroxyl groups excluding tert-OH is 1. The van der Waals surface area contributed by atoms with Crippen molar-refractivity contribution in [3.05, 3.63) is 53.1 Å². The summed E-state index contributed by atoms with van der Waals surface area (Å²) in [6, 6.07) is 9.64. The van der Waals surface area contributed by atoms with Gasteiger partial charge in [0.2, 0.25) is 0 Å². The normalized spacial score (nSPS) is 20.3. The maximum atomic E-state index is 13.6. The summed E-state index contributed by atoms with van der Waals surface area (Å²) >= 11 is 0. The van der Waals surface area contributed by atoms with Gasteiger partial charge in [-0.1, -0.05) is 19.9 Å². The molecule has 5 rings (SSSR count). The molecule has 1 atom stereocenters. The molecule has 0 aliphatic carbocycles. The lowest BCUT2D eigenvalue weighted by atomic mass is 9.94. The van der Waals surface area contributed by atoms with E-state index in [4.69, 9.17) is 23.7 Å². The molecule has 2 aromatic carbocycles. The molecule has 2 fully saturated rings. The molecule has 0 radical (unpaired) electrons. The Morgan fingerprint density at radius 3 is 2.45 bits per heavy atom. The number of amides is 1. The topological polar surface area (TPSA) is 107 Å². The van der Waals surface area contributed by atoms with Gasteiger partial charge in [-0.05, 0) is 55.2 Å². The van der Waals surface area contributed by atoms with Crippen LogP contribution in [0.25, 0.3) is 5.76 Å². The first kappa shape index (κ1) is 29.7. The number of carbonyl (C=O) groups excluding carboxylic acids is 2. The van der Waals surface area contributed by atoms with E-state index in [1.165, 1.54) is 0 Å². The number of ether oxygens (including phenoxy) is 5. The molecule has 3 aliphatic heterocycles. The molecule has 3 aliphatic rings. The summed E-state index contributed by atoms with van der Waals surface area (Å²) in [7, 11) is 0. The second-order valence-corrected chi connectivity index (χ2v) is 11.0. The number of Topliss-reactive ketones (excluding diaryl/α,β-unsaturated/α-hetero) is 1. The average molecular weight is 581 g/mol. The smallest absolute Gasteiger partial charge is 0.295 e. The van der Waals surface area contributed by atoms with Crippen molar-refractivity contribution in [2.24, 2.45) is 5.92 Å². The molecule has 10 nitrogen and oxygen atoms in total. The average Bonchev–Trinajstić information content (AvgIpc) is 3.25. The van der Waals surface area contributed by atoms with E-state index >= 15 is 0 Å². The van der Waals surface area contributed by atoms with Gasteiger partial charge in [0, 0.05) is 31.7 Å². The lowest BCUT2D eigenvalue weighted by Gasteiger charge is -2.31. The first-order chi connectivity index (χ1) is 20.4. The molecular weight excluding hydrogens is 540 g/mol. The molecular formula is C32H40N2O8. The van der Waals surface area contributed by atoms with Crippen LogP contribution in [0.4, 0.5) is 0 Å². The minimum atomic E-state index is -0.817. The third kappa shape index (κ3) is 6.50. The van der Waals surface area contributed by atoms with Crippen molar-refractivity contribution >= 4 is 17.4 Å². The molecule has 10 heteroatoms. The van der Waals surface area contributed by atoms with Gasteiger partial charge in [0.05, 0.1) is 38.0 Å². The number of likely N-dealkylation sites (tertiary alicyclic amines) is 1. The van der Waals surface area contributed by atoms with Gasteiger partial charge in [-0.15, -0.1) is 0 Å². The van der Waals surface area contributed by atoms with Gasteiger partial charge in [-0.3, -0.25) is 14.5 Å². The fourth-order valence-electron chi connectivity index (χ4n) is 5.36. The highest BCUT2D eigenvalue weighted by atomic mass is 16.6. The predicted molar refractivity (Wildman–Crippen MR) is 156 cm³/mol. The molecule has 0 spiro atoms. The number of hydrogen-bond donors (Lipinski definition) is 1. The van der Waals surface area contributed by atoms with Crippen LogP contribution in [0.15, 0.2) is 42.0 Å². The fourth-order valence-corrected chi connectivity index (χ4v) is 5.36. The summed E-state index contributed by atoms with van der Waals surface area (Å²) in [5.41, 5.74) is 1.04. The van der Waals surface area contributed by atoms with Gasteiger partial charge in [-0.2, -0.15) is 0 Å². The number of fused-ring (bicyclic) bond motifs is 1. The zero-order chi connectivity index (χ0) is 29.6. The molecule has 0 saturated carbocycles. The highest BCUT2D eigenvalue weighted by Crippen LogP contribution is 2.43. The standard InChI is InChI=1S/C32H40N2O8/c1-4-39-26-19-22(5-7-24(26)40-14-9-21(2)3)29-28(30(35)23-6-8-25-27(20-23)42-18-17-41-25)31(36)32(37)34(29)11-10-33-12-15-38-16-13-33/h5-8,19-21,29,35H,4,9-18H2,1-3H3/t29-/m1/s1. The maximum Gasteiger partial charge on any atom is 0.295 e. The van der Waals surface area contributed by atoms with Gasteiger partial charge in [0.15, 0.2) is 23.0 Å². The maximum absolute atomic E-state index is 13.6. The second-order valence-electron chi connectivity index (χ2n) is 11.0. The van der Waals surface area contributed by atoms with Crippen LogP contribution in [0.2, 0.25) is 0 Å². The molecule has 2 saturated heterocycles. The third-order valence-corrected chi connectivity index (χ3v) is 7.65. The van der Waals surface area contributed by atoms with Gasteiger partial charge >= 0.3 is 0 Å². The number of carbonyl (C=O) groups is 2. The Hall–Kier alpha value is -3.76. The summed E-state index contributed by atoms with van der Waals surface area (Å²) in [5.74, 6) is 1.01. The van der Waals surface area contributed by atoms with Crippen molar-refractivity contribution in [1.29, 1.82) is 0 Å². The number of morpholine rings is 1. The Labute approximate surface area is 246 Å². The van der Waals surface area contributed by atoms with Crippen LogP contribution in [-0.4, -0.2) is 92.4 Å². The van der Waals surface area contributed by atoms with E-state index in [1.807, 2.05) is 25.1 Å². The molecule has 2 aromatic rings. The largest absolute Gasteiger partial charge is 0.507 e. The zero-order valence-corrected chi connectivity index (χ0v) is 24.6. The third-order valence-electron chi connectivity index (χ3n) is 7.65. The van der Waals surface area contributed by atoms with Crippen LogP contribution in [0.5, 0.6) is 23.0 Å². The molecule has 0 bridgehead atoms. The fraction of sp³-hybridized carbons (Fsp3) is 0.500. The quantitative estimate of drug-likeness (QED) is 0.239. The van der Waals surface area contributed by atoms with Crippen LogP contribution in [0.3, 0.4) is 0 Å². The molecule has 0 unspecified atom stereocenters. The van der Waals surface area contributed by atoms with Crippen LogP contribution >= 0.6 is 0 Å². The van der Waals surface area contributed by atoms with E-state index < -0.39 is 17.7 Å². The summed E-state index contributed by atoms with van der Waals surface area (Å²) in [6.45, 7) is 11.6. The van der Waals surface area contributed by atoms with E-state index in [0.717, 1.165) is 19.5 Å². The van der Waals surface area contributed by atoms with Gasteiger partial charge < -0.3 is 33.7 Å². The van der Waals surface area contributed by atoms with Crippen molar-refractivity contribution in [3.8, 4) is 23.0 Å². The van der Waals surface area contributed by atoms with Gasteiger partial charge in [0.1, 0.15) is 19.0 Å². The molecule has 0 aromatic heterocycles. The highest BCUT2D eigenvalue weighted by molar-refractivity contribution is 6.46. The minimum absolute atomic E-state index is 0.0228. The molecule has 1 N–H and O–H groups in total. The first-order valence-electron chi connectivity index (χ1n) is 14.8. The number of hydrogen-bond acceptors (Lipinski definition) is 9. The van der Waals surface area contributed by atoms with Crippen LogP contribution in [0, 0.1) is 5.92 Å². The molecule has 226 valence electrons. The van der Waals surface area contributed by atoms with Crippen molar-refractivity contribution < 1.29 is 38.4 Å². The van der Waals surface area contributed by atoms with Crippen LogP contribution < -0.4 is 18.9 Å². The Morgan fingerprint density at radius 1 is 0.952 bits per heavy atom. The number of nitrogens with zero attached hydrogens (tertiary/aromatic N) is 2. The molecule has 3 heterocycles. The number of aliphatic hydroxyl groups is 1. The number of rotatable bonds is 11. The van der Waals surface area contributed by atoms with Crippen molar-refractivity contribution in [1.82, 2.24) is 9.80 Å². The predicted octanol–water partition coefficient (Wildman–Crippen LogP) is 4.04. The zero-order valence-electron chi connectivity index (χ0n) is 24.6. The summed E-state index contributed by atoms with van der Waals surface area (Å²) in [4.78, 5) is 30.8. The van der Waals surface area contributed by atoms with Gasteiger partial charge in [0.25, 0.3) is 11.7 Å². The summed E-state index contributed by atoms with van der Waals surface area (Å²) < 4.78 is 28.7. The highest BCUT2D eigenvalue weighted by Gasteiger charge is 2.46. The Balaban J connectivity index is 1.54. The Kier molecular flexibility index (Phi) is 9.54. The molecule has 42 heavy (non-hydrogen) atoms. The minimum Gasteiger partial charge on any atom is -0.507 e. The lowest BCUT2D eigenvalue weighted by molar-refractivity contribution is -0.140. The van der Waals surface area contributed by atoms with Crippen LogP contribution in [-0.2, 0) is 14.3 Å². The Morgan fingerprint density at radius 2 is 1.71 bits per heavy atom. The summed E-state index contributed by atoms with van der Waals surface area (Å²) in [6.07, 6.45) is 0.893. The Bertz CT molecular complexity index is 1320. The van der Waals surface area contributed by atoms with Gasteiger partial charge in [-0.25, -0.2) is 0 Å². The van der Waals surface area contributed by atoms with Crippen molar-refractivity contribution in [2.45, 2.75) is 33.2 Å². The number of benzene rings is 2. The molecule has 1 amide bonds. The van der Waals surface area contributed by atoms with E-state index in [1.54, 1.807) is 23.1 Å². The van der Waals surface area contributed by atoms with E-state index in [0.29, 0.717) is 92.8 Å². The van der Waals surface area contributed by atoms with E-state index in [9.17, 15) is 14.7 Å². The SMILES string of the molecule is CCOc1cc([C@@H]2C(=C(O)c3ccc4c(c3)OCCO4)C(=O)C(=O)N2CCN2CCOCC2)ccc1OCCC(C)C. The lowest BCUT2D eigenvalue weighted by Crippen LogP contribution is -2.42. The number of ketones is 1. The van der Waals surface area contributed by atoms with Crippen molar-refractivity contribution in [3.63, 3.8) is 0 Å². The first-order valence-corrected chi connectivity index (χ1v) is 14.8.